The number of amides is 1. The summed E-state index contributed by atoms with van der Waals surface area (Å²) in [6.45, 7) is 0. The maximum Gasteiger partial charge on any atom is 0.471 e. The highest BCUT2D eigenvalue weighted by Crippen LogP contribution is 2.16. The number of nitrogens with one attached hydrogen (secondary N) is 2. The fraction of sp³-hybridized carbons (Fsp3) is 0.333. The molecule has 16 heavy (non-hydrogen) atoms. The highest BCUT2D eigenvalue weighted by atomic mass is 19.4. The van der Waals surface area contributed by atoms with E-state index in [9.17, 15) is 22.8 Å². The van der Waals surface area contributed by atoms with Crippen molar-refractivity contribution in [2.45, 2.75) is 12.6 Å². The number of hydrogen-bond acceptors (Lipinski definition) is 4. The molecular formula is C6H5F3N4O3. The molecule has 0 radical (unpaired) electrons. The summed E-state index contributed by atoms with van der Waals surface area (Å²) in [6.07, 6.45) is -5.58. The maximum atomic E-state index is 11.8. The van der Waals surface area contributed by atoms with Crippen LogP contribution < -0.4 is 5.32 Å². The molecule has 0 unspecified atom stereocenters. The van der Waals surface area contributed by atoms with Crippen molar-refractivity contribution in [3.05, 3.63) is 5.82 Å². The predicted molar refractivity (Wildman–Crippen MR) is 42.4 cm³/mol. The van der Waals surface area contributed by atoms with Crippen LogP contribution >= 0.6 is 0 Å². The SMILES string of the molecule is O=C(O)Cc1nc(NC(=O)C(F)(F)F)n[nH]1. The molecule has 0 spiro atoms. The number of alkyl halides is 3. The van der Waals surface area contributed by atoms with E-state index in [1.54, 1.807) is 0 Å². The van der Waals surface area contributed by atoms with Gasteiger partial charge in [0.2, 0.25) is 5.95 Å². The smallest absolute Gasteiger partial charge is 0.471 e. The number of aromatic nitrogens is 3. The molecule has 1 rings (SSSR count). The van der Waals surface area contributed by atoms with Gasteiger partial charge in [-0.1, -0.05) is 0 Å². The third kappa shape index (κ3) is 3.22. The number of carboxylic acid groups (broad SMARTS) is 1. The lowest BCUT2D eigenvalue weighted by molar-refractivity contribution is -0.167. The van der Waals surface area contributed by atoms with Crippen molar-refractivity contribution in [2.24, 2.45) is 0 Å². The number of H-pyrrole nitrogens is 1. The molecule has 0 aromatic carbocycles. The van der Waals surface area contributed by atoms with Crippen LogP contribution in [0.5, 0.6) is 0 Å². The molecule has 0 saturated heterocycles. The first-order valence-electron chi connectivity index (χ1n) is 3.80. The Morgan fingerprint density at radius 2 is 2.06 bits per heavy atom. The van der Waals surface area contributed by atoms with Crippen LogP contribution in [0, 0.1) is 0 Å². The average molecular weight is 238 g/mol. The van der Waals surface area contributed by atoms with Crippen LogP contribution in [0.25, 0.3) is 0 Å². The van der Waals surface area contributed by atoms with Crippen molar-refractivity contribution in [2.75, 3.05) is 5.32 Å². The predicted octanol–water partition coefficient (Wildman–Crippen LogP) is -0.0674. The molecule has 0 aliphatic heterocycles. The Hall–Kier alpha value is -2.13. The number of nitrogens with zero attached hydrogens (tertiary/aromatic N) is 2. The van der Waals surface area contributed by atoms with Gasteiger partial charge in [-0.15, -0.1) is 5.10 Å². The van der Waals surface area contributed by atoms with Gasteiger partial charge in [0.05, 0.1) is 0 Å². The van der Waals surface area contributed by atoms with Crippen LogP contribution in [0.4, 0.5) is 19.1 Å². The minimum Gasteiger partial charge on any atom is -0.481 e. The third-order valence-electron chi connectivity index (χ3n) is 1.33. The van der Waals surface area contributed by atoms with Gasteiger partial charge in [-0.25, -0.2) is 0 Å². The normalized spacial score (nSPS) is 11.2. The van der Waals surface area contributed by atoms with E-state index in [-0.39, 0.29) is 5.82 Å². The van der Waals surface area contributed by atoms with Crippen molar-refractivity contribution < 1.29 is 27.9 Å². The van der Waals surface area contributed by atoms with Crippen LogP contribution in [-0.4, -0.2) is 38.3 Å². The Balaban J connectivity index is 2.66. The van der Waals surface area contributed by atoms with E-state index < -0.39 is 30.4 Å². The van der Waals surface area contributed by atoms with E-state index >= 15 is 0 Å². The summed E-state index contributed by atoms with van der Waals surface area (Å²) in [4.78, 5) is 23.9. The molecule has 0 aliphatic rings. The molecule has 1 amide bonds. The van der Waals surface area contributed by atoms with Gasteiger partial charge in [0, 0.05) is 0 Å². The van der Waals surface area contributed by atoms with Gasteiger partial charge in [-0.05, 0) is 0 Å². The third-order valence-corrected chi connectivity index (χ3v) is 1.33. The molecule has 0 atom stereocenters. The molecule has 0 aliphatic carbocycles. The van der Waals surface area contributed by atoms with E-state index in [0.29, 0.717) is 0 Å². The number of aromatic amines is 1. The van der Waals surface area contributed by atoms with E-state index in [0.717, 1.165) is 0 Å². The molecule has 1 heterocycles. The minimum absolute atomic E-state index is 0.162. The number of hydrogen-bond donors (Lipinski definition) is 3. The van der Waals surface area contributed by atoms with Crippen molar-refractivity contribution in [3.63, 3.8) is 0 Å². The summed E-state index contributed by atoms with van der Waals surface area (Å²) in [7, 11) is 0. The zero-order valence-electron chi connectivity index (χ0n) is 7.50. The Labute approximate surface area is 85.7 Å². The summed E-state index contributed by atoms with van der Waals surface area (Å²) in [6, 6.07) is 0. The number of carbonyl (C=O) groups excluding carboxylic acids is 1. The molecular weight excluding hydrogens is 233 g/mol. The van der Waals surface area contributed by atoms with Crippen LogP contribution in [-0.2, 0) is 16.0 Å². The standard InChI is InChI=1S/C6H5F3N4O3/c7-6(8,9)4(16)11-5-10-2(12-13-5)1-3(14)15/h1H2,(H,14,15)(H2,10,11,12,13,16). The Bertz CT molecular complexity index is 413. The molecule has 1 aromatic heterocycles. The van der Waals surface area contributed by atoms with E-state index in [2.05, 4.69) is 15.2 Å². The summed E-state index contributed by atoms with van der Waals surface area (Å²) < 4.78 is 35.3. The molecule has 3 N–H and O–H groups in total. The van der Waals surface area contributed by atoms with Gasteiger partial charge in [0.15, 0.2) is 0 Å². The first-order valence-corrected chi connectivity index (χ1v) is 3.80. The fourth-order valence-electron chi connectivity index (χ4n) is 0.746. The molecule has 7 nitrogen and oxygen atoms in total. The molecule has 0 bridgehead atoms. The second kappa shape index (κ2) is 4.16. The highest BCUT2D eigenvalue weighted by Gasteiger charge is 2.39. The highest BCUT2D eigenvalue weighted by molar-refractivity contribution is 5.93. The molecule has 1 aromatic rings. The lowest BCUT2D eigenvalue weighted by Crippen LogP contribution is -2.30. The van der Waals surface area contributed by atoms with Gasteiger partial charge >= 0.3 is 18.1 Å². The lowest BCUT2D eigenvalue weighted by atomic mass is 10.4. The van der Waals surface area contributed by atoms with Crippen LogP contribution in [0.1, 0.15) is 5.82 Å². The van der Waals surface area contributed by atoms with Gasteiger partial charge < -0.3 is 5.11 Å². The zero-order valence-corrected chi connectivity index (χ0v) is 7.50. The van der Waals surface area contributed by atoms with Crippen LogP contribution in [0.15, 0.2) is 0 Å². The van der Waals surface area contributed by atoms with Crippen molar-refractivity contribution in [1.82, 2.24) is 15.2 Å². The number of anilines is 1. The number of rotatable bonds is 3. The Morgan fingerprint density at radius 1 is 1.44 bits per heavy atom. The minimum atomic E-state index is -5.05. The zero-order chi connectivity index (χ0) is 12.3. The summed E-state index contributed by atoms with van der Waals surface area (Å²) in [5.74, 6) is -4.25. The van der Waals surface area contributed by atoms with E-state index in [4.69, 9.17) is 5.11 Å². The summed E-state index contributed by atoms with van der Waals surface area (Å²) in [5.41, 5.74) is 0. The quantitative estimate of drug-likeness (QED) is 0.683. The monoisotopic (exact) mass is 238 g/mol. The molecule has 0 fully saturated rings. The molecule has 0 saturated carbocycles. The van der Waals surface area contributed by atoms with E-state index in [1.807, 2.05) is 0 Å². The summed E-state index contributed by atoms with van der Waals surface area (Å²) in [5, 5.41) is 15.0. The van der Waals surface area contributed by atoms with Crippen molar-refractivity contribution >= 4 is 17.8 Å². The molecule has 88 valence electrons. The first-order chi connectivity index (χ1) is 7.29. The van der Waals surface area contributed by atoms with Gasteiger partial charge in [0.1, 0.15) is 12.2 Å². The summed E-state index contributed by atoms with van der Waals surface area (Å²) >= 11 is 0. The average Bonchev–Trinajstić information content (AvgIpc) is 2.49. The van der Waals surface area contributed by atoms with Crippen LogP contribution in [0.2, 0.25) is 0 Å². The fourth-order valence-corrected chi connectivity index (χ4v) is 0.746. The Morgan fingerprint density at radius 3 is 2.56 bits per heavy atom. The second-order valence-electron chi connectivity index (χ2n) is 2.63. The molecule has 10 heteroatoms. The number of carboxylic acids is 1. The van der Waals surface area contributed by atoms with Crippen LogP contribution in [0.3, 0.4) is 0 Å². The number of halogens is 3. The van der Waals surface area contributed by atoms with Gasteiger partial charge in [-0.2, -0.15) is 18.2 Å². The topological polar surface area (TPSA) is 108 Å². The number of carbonyl (C=O) groups is 2. The van der Waals surface area contributed by atoms with Gasteiger partial charge in [-0.3, -0.25) is 20.0 Å². The lowest BCUT2D eigenvalue weighted by Gasteiger charge is -2.03. The second-order valence-corrected chi connectivity index (χ2v) is 2.63. The number of aliphatic carboxylic acids is 1. The van der Waals surface area contributed by atoms with Crippen molar-refractivity contribution in [3.8, 4) is 0 Å². The van der Waals surface area contributed by atoms with E-state index in [1.165, 1.54) is 5.32 Å². The van der Waals surface area contributed by atoms with Crippen molar-refractivity contribution in [1.29, 1.82) is 0 Å². The van der Waals surface area contributed by atoms with Gasteiger partial charge in [0.25, 0.3) is 0 Å². The Kier molecular flexibility index (Phi) is 3.11. The maximum absolute atomic E-state index is 11.8. The largest absolute Gasteiger partial charge is 0.481 e. The first kappa shape index (κ1) is 11.9.